The number of carbonyl (C=O) groups excluding carboxylic acids is 1. The number of hydrogen-bond donors (Lipinski definition) is 1. The lowest BCUT2D eigenvalue weighted by atomic mass is 10.1. The molecule has 1 saturated heterocycles. The summed E-state index contributed by atoms with van der Waals surface area (Å²) in [5, 5.41) is 8.90. The lowest BCUT2D eigenvalue weighted by Gasteiger charge is -2.26. The van der Waals surface area contributed by atoms with Gasteiger partial charge in [-0.15, -0.1) is 0 Å². The SMILES string of the molecule is COCCN1CC(C)CN(C)C(CC(=O)O)C1=O. The molecule has 0 radical (unpaired) electrons. The Kier molecular flexibility index (Phi) is 5.55. The van der Waals surface area contributed by atoms with Crippen LogP contribution in [0.3, 0.4) is 0 Å². The van der Waals surface area contributed by atoms with Crippen LogP contribution in [0.2, 0.25) is 0 Å². The van der Waals surface area contributed by atoms with Gasteiger partial charge in [0, 0.05) is 26.7 Å². The van der Waals surface area contributed by atoms with E-state index in [4.69, 9.17) is 9.84 Å². The maximum atomic E-state index is 12.3. The van der Waals surface area contributed by atoms with E-state index in [-0.39, 0.29) is 12.3 Å². The summed E-state index contributed by atoms with van der Waals surface area (Å²) in [5.41, 5.74) is 0. The van der Waals surface area contributed by atoms with E-state index in [1.807, 2.05) is 11.9 Å². The van der Waals surface area contributed by atoms with Gasteiger partial charge in [-0.3, -0.25) is 14.5 Å². The first-order chi connectivity index (χ1) is 8.45. The first kappa shape index (κ1) is 14.9. The molecule has 104 valence electrons. The van der Waals surface area contributed by atoms with Crippen molar-refractivity contribution in [3.05, 3.63) is 0 Å². The Labute approximate surface area is 107 Å². The first-order valence-electron chi connectivity index (χ1n) is 6.15. The van der Waals surface area contributed by atoms with Crippen LogP contribution in [0.1, 0.15) is 13.3 Å². The molecule has 0 aromatic carbocycles. The van der Waals surface area contributed by atoms with Crippen molar-refractivity contribution in [2.45, 2.75) is 19.4 Å². The Morgan fingerprint density at radius 2 is 2.17 bits per heavy atom. The fourth-order valence-corrected chi connectivity index (χ4v) is 2.35. The number of likely N-dealkylation sites (N-methyl/N-ethyl adjacent to an activating group) is 1. The Morgan fingerprint density at radius 3 is 2.72 bits per heavy atom. The summed E-state index contributed by atoms with van der Waals surface area (Å²) in [5.74, 6) is -0.725. The number of carboxylic acids is 1. The van der Waals surface area contributed by atoms with Crippen LogP contribution in [0.4, 0.5) is 0 Å². The number of amides is 1. The van der Waals surface area contributed by atoms with Crippen LogP contribution in [-0.4, -0.2) is 73.2 Å². The summed E-state index contributed by atoms with van der Waals surface area (Å²) in [7, 11) is 3.40. The predicted molar refractivity (Wildman–Crippen MR) is 66.3 cm³/mol. The van der Waals surface area contributed by atoms with Crippen LogP contribution in [0.25, 0.3) is 0 Å². The first-order valence-corrected chi connectivity index (χ1v) is 6.15. The zero-order valence-electron chi connectivity index (χ0n) is 11.3. The van der Waals surface area contributed by atoms with Gasteiger partial charge < -0.3 is 14.7 Å². The number of aliphatic carboxylic acids is 1. The maximum Gasteiger partial charge on any atom is 0.305 e. The Morgan fingerprint density at radius 1 is 1.50 bits per heavy atom. The third-order valence-corrected chi connectivity index (χ3v) is 3.19. The second-order valence-corrected chi connectivity index (χ2v) is 4.94. The molecule has 6 nitrogen and oxygen atoms in total. The molecule has 6 heteroatoms. The summed E-state index contributed by atoms with van der Waals surface area (Å²) in [6, 6.07) is -0.565. The monoisotopic (exact) mass is 258 g/mol. The second-order valence-electron chi connectivity index (χ2n) is 4.94. The van der Waals surface area contributed by atoms with E-state index in [2.05, 4.69) is 6.92 Å². The molecule has 0 aliphatic carbocycles. The number of carboxylic acid groups (broad SMARTS) is 1. The normalized spacial score (nSPS) is 26.2. The van der Waals surface area contributed by atoms with Gasteiger partial charge in [0.25, 0.3) is 0 Å². The van der Waals surface area contributed by atoms with E-state index >= 15 is 0 Å². The molecule has 1 N–H and O–H groups in total. The second kappa shape index (κ2) is 6.70. The van der Waals surface area contributed by atoms with Crippen LogP contribution >= 0.6 is 0 Å². The van der Waals surface area contributed by atoms with Gasteiger partial charge in [-0.25, -0.2) is 0 Å². The highest BCUT2D eigenvalue weighted by Crippen LogP contribution is 2.16. The Balaban J connectivity index is 2.80. The minimum Gasteiger partial charge on any atom is -0.481 e. The number of hydrogen-bond acceptors (Lipinski definition) is 4. The molecule has 1 rings (SSSR count). The van der Waals surface area contributed by atoms with Gasteiger partial charge in [-0.2, -0.15) is 0 Å². The fourth-order valence-electron chi connectivity index (χ4n) is 2.35. The molecule has 1 aliphatic heterocycles. The van der Waals surface area contributed by atoms with Crippen LogP contribution in [0, 0.1) is 5.92 Å². The fraction of sp³-hybridized carbons (Fsp3) is 0.833. The molecule has 2 unspecified atom stereocenters. The highest BCUT2D eigenvalue weighted by molar-refractivity contribution is 5.86. The number of carbonyl (C=O) groups is 2. The smallest absolute Gasteiger partial charge is 0.305 e. The largest absolute Gasteiger partial charge is 0.481 e. The summed E-state index contributed by atoms with van der Waals surface area (Å²) in [4.78, 5) is 26.7. The summed E-state index contributed by atoms with van der Waals surface area (Å²) in [6.45, 7) is 4.44. The molecule has 1 aliphatic rings. The Bertz CT molecular complexity index is 308. The Hall–Kier alpha value is -1.14. The van der Waals surface area contributed by atoms with Gasteiger partial charge in [0.15, 0.2) is 0 Å². The van der Waals surface area contributed by atoms with Crippen LogP contribution in [0.5, 0.6) is 0 Å². The van der Waals surface area contributed by atoms with Crippen molar-refractivity contribution < 1.29 is 19.4 Å². The number of ether oxygens (including phenoxy) is 1. The topological polar surface area (TPSA) is 70.1 Å². The van der Waals surface area contributed by atoms with Crippen molar-refractivity contribution in [1.29, 1.82) is 0 Å². The average molecular weight is 258 g/mol. The molecule has 18 heavy (non-hydrogen) atoms. The van der Waals surface area contributed by atoms with E-state index < -0.39 is 12.0 Å². The van der Waals surface area contributed by atoms with E-state index in [0.29, 0.717) is 25.6 Å². The summed E-state index contributed by atoms with van der Waals surface area (Å²) < 4.78 is 4.99. The van der Waals surface area contributed by atoms with Crippen molar-refractivity contribution in [1.82, 2.24) is 9.80 Å². The highest BCUT2D eigenvalue weighted by atomic mass is 16.5. The maximum absolute atomic E-state index is 12.3. The zero-order chi connectivity index (χ0) is 13.7. The quantitative estimate of drug-likeness (QED) is 0.745. The van der Waals surface area contributed by atoms with Crippen molar-refractivity contribution >= 4 is 11.9 Å². The molecular formula is C12H22N2O4. The van der Waals surface area contributed by atoms with Gasteiger partial charge in [0.05, 0.1) is 19.1 Å². The van der Waals surface area contributed by atoms with E-state index in [0.717, 1.165) is 6.54 Å². The number of rotatable bonds is 5. The van der Waals surface area contributed by atoms with Crippen molar-refractivity contribution in [2.75, 3.05) is 40.4 Å². The lowest BCUT2D eigenvalue weighted by molar-refractivity contribution is -0.144. The standard InChI is InChI=1S/C12H22N2O4/c1-9-7-13(2)10(6-11(15)16)12(17)14(8-9)4-5-18-3/h9-10H,4-8H2,1-3H3,(H,15,16). The lowest BCUT2D eigenvalue weighted by Crippen LogP contribution is -2.46. The molecule has 2 atom stereocenters. The molecule has 0 aromatic rings. The van der Waals surface area contributed by atoms with Gasteiger partial charge in [0.2, 0.25) is 5.91 Å². The zero-order valence-corrected chi connectivity index (χ0v) is 11.3. The predicted octanol–water partition coefficient (Wildman–Crippen LogP) is -0.114. The molecular weight excluding hydrogens is 236 g/mol. The minimum atomic E-state index is -0.943. The van der Waals surface area contributed by atoms with Crippen LogP contribution in [-0.2, 0) is 14.3 Å². The minimum absolute atomic E-state index is 0.110. The van der Waals surface area contributed by atoms with Gasteiger partial charge in [-0.05, 0) is 13.0 Å². The number of methoxy groups -OCH3 is 1. The molecule has 0 saturated carbocycles. The molecule has 1 amide bonds. The summed E-state index contributed by atoms with van der Waals surface area (Å²) in [6.07, 6.45) is -0.147. The molecule has 0 aromatic heterocycles. The molecule has 0 spiro atoms. The van der Waals surface area contributed by atoms with Crippen LogP contribution < -0.4 is 0 Å². The third-order valence-electron chi connectivity index (χ3n) is 3.19. The van der Waals surface area contributed by atoms with E-state index in [1.165, 1.54) is 0 Å². The number of nitrogens with zero attached hydrogens (tertiary/aromatic N) is 2. The van der Waals surface area contributed by atoms with Crippen molar-refractivity contribution in [3.8, 4) is 0 Å². The van der Waals surface area contributed by atoms with Gasteiger partial charge in [0.1, 0.15) is 0 Å². The van der Waals surface area contributed by atoms with E-state index in [1.54, 1.807) is 12.0 Å². The molecule has 0 bridgehead atoms. The van der Waals surface area contributed by atoms with E-state index in [9.17, 15) is 9.59 Å². The highest BCUT2D eigenvalue weighted by Gasteiger charge is 2.34. The van der Waals surface area contributed by atoms with Crippen LogP contribution in [0.15, 0.2) is 0 Å². The molecule has 1 heterocycles. The van der Waals surface area contributed by atoms with Crippen molar-refractivity contribution in [2.24, 2.45) is 5.92 Å². The molecule has 1 fully saturated rings. The third kappa shape index (κ3) is 3.96. The average Bonchev–Trinajstić information content (AvgIpc) is 2.38. The summed E-state index contributed by atoms with van der Waals surface area (Å²) >= 11 is 0. The van der Waals surface area contributed by atoms with Gasteiger partial charge in [-0.1, -0.05) is 6.92 Å². The van der Waals surface area contributed by atoms with Crippen molar-refractivity contribution in [3.63, 3.8) is 0 Å². The van der Waals surface area contributed by atoms with Gasteiger partial charge >= 0.3 is 5.97 Å².